The third-order valence-electron chi connectivity index (χ3n) is 2.88. The Bertz CT molecular complexity index is 488. The number of hydrogen-bond donors (Lipinski definition) is 3. The van der Waals surface area contributed by atoms with Crippen LogP contribution < -0.4 is 15.8 Å². The first-order chi connectivity index (χ1) is 9.05. The minimum Gasteiger partial charge on any atom is -0.381 e. The van der Waals surface area contributed by atoms with Gasteiger partial charge in [0.2, 0.25) is 10.0 Å². The summed E-state index contributed by atoms with van der Waals surface area (Å²) in [6, 6.07) is 7.11. The van der Waals surface area contributed by atoms with Gasteiger partial charge in [-0.05, 0) is 31.5 Å². The molecule has 0 aliphatic rings. The van der Waals surface area contributed by atoms with Crippen molar-refractivity contribution in [2.75, 3.05) is 18.4 Å². The van der Waals surface area contributed by atoms with Crippen molar-refractivity contribution in [2.45, 2.75) is 37.6 Å². The minimum atomic E-state index is -3.45. The number of para-hydroxylation sites is 1. The maximum Gasteiger partial charge on any atom is 0.242 e. The van der Waals surface area contributed by atoms with Gasteiger partial charge in [-0.3, -0.25) is 0 Å². The van der Waals surface area contributed by atoms with Crippen LogP contribution in [0.4, 0.5) is 5.69 Å². The predicted octanol–water partition coefficient (Wildman–Crippen LogP) is 1.52. The van der Waals surface area contributed by atoms with E-state index in [1.54, 1.807) is 25.1 Å². The summed E-state index contributed by atoms with van der Waals surface area (Å²) in [4.78, 5) is 0.285. The Morgan fingerprint density at radius 3 is 2.53 bits per heavy atom. The lowest BCUT2D eigenvalue weighted by molar-refractivity contribution is 0.583. The second-order valence-electron chi connectivity index (χ2n) is 4.32. The van der Waals surface area contributed by atoms with E-state index in [-0.39, 0.29) is 10.9 Å². The molecule has 0 saturated heterocycles. The van der Waals surface area contributed by atoms with Gasteiger partial charge in [0.25, 0.3) is 0 Å². The Morgan fingerprint density at radius 1 is 1.26 bits per heavy atom. The number of nitrogens with one attached hydrogen (secondary N) is 2. The van der Waals surface area contributed by atoms with E-state index in [9.17, 15) is 8.42 Å². The summed E-state index contributed by atoms with van der Waals surface area (Å²) in [6.45, 7) is 4.76. The molecule has 4 N–H and O–H groups in total. The highest BCUT2D eigenvalue weighted by atomic mass is 32.2. The number of benzene rings is 1. The van der Waals surface area contributed by atoms with E-state index in [2.05, 4.69) is 17.0 Å². The molecule has 19 heavy (non-hydrogen) atoms. The Labute approximate surface area is 115 Å². The first kappa shape index (κ1) is 15.9. The third kappa shape index (κ3) is 4.49. The number of nitrogens with two attached hydrogens (primary N) is 1. The van der Waals surface area contributed by atoms with Gasteiger partial charge in [-0.1, -0.05) is 26.0 Å². The topological polar surface area (TPSA) is 84.2 Å². The Kier molecular flexibility index (Phi) is 6.27. The summed E-state index contributed by atoms with van der Waals surface area (Å²) in [5, 5.41) is 3.26. The zero-order valence-electron chi connectivity index (χ0n) is 11.5. The van der Waals surface area contributed by atoms with Gasteiger partial charge < -0.3 is 11.1 Å². The van der Waals surface area contributed by atoms with E-state index in [1.807, 2.05) is 6.07 Å². The Hall–Kier alpha value is -1.11. The monoisotopic (exact) mass is 285 g/mol. The normalized spacial score (nSPS) is 13.2. The van der Waals surface area contributed by atoms with Gasteiger partial charge in [-0.25, -0.2) is 13.1 Å². The van der Waals surface area contributed by atoms with Gasteiger partial charge >= 0.3 is 0 Å². The predicted molar refractivity (Wildman–Crippen MR) is 78.7 cm³/mol. The van der Waals surface area contributed by atoms with Crippen molar-refractivity contribution in [3.05, 3.63) is 24.3 Å². The molecule has 1 aromatic carbocycles. The maximum atomic E-state index is 12.1. The second-order valence-corrected chi connectivity index (χ2v) is 6.06. The molecule has 0 aromatic heterocycles. The summed E-state index contributed by atoms with van der Waals surface area (Å²) in [5.74, 6) is 0. The molecule has 108 valence electrons. The highest BCUT2D eigenvalue weighted by molar-refractivity contribution is 7.89. The lowest BCUT2D eigenvalue weighted by Gasteiger charge is -2.19. The maximum absolute atomic E-state index is 12.1. The van der Waals surface area contributed by atoms with Crippen LogP contribution in [0.2, 0.25) is 0 Å². The first-order valence-electron chi connectivity index (χ1n) is 6.60. The van der Waals surface area contributed by atoms with E-state index >= 15 is 0 Å². The van der Waals surface area contributed by atoms with Gasteiger partial charge in [0.15, 0.2) is 0 Å². The van der Waals surface area contributed by atoms with Crippen LogP contribution in [0.15, 0.2) is 29.2 Å². The molecule has 1 atom stereocenters. The molecule has 0 aliphatic heterocycles. The van der Waals surface area contributed by atoms with E-state index in [1.165, 1.54) is 0 Å². The molecule has 0 heterocycles. The van der Waals surface area contributed by atoms with E-state index < -0.39 is 10.0 Å². The Morgan fingerprint density at radius 2 is 1.95 bits per heavy atom. The minimum absolute atomic E-state index is 0.183. The molecular formula is C13H23N3O2S. The molecular weight excluding hydrogens is 262 g/mol. The SMILES string of the molecule is CCNS(=O)(=O)c1ccccc1NC(CC)CCN. The highest BCUT2D eigenvalue weighted by Gasteiger charge is 2.18. The van der Waals surface area contributed by atoms with Crippen molar-refractivity contribution < 1.29 is 8.42 Å². The average Bonchev–Trinajstić information content (AvgIpc) is 2.38. The fraction of sp³-hybridized carbons (Fsp3) is 0.538. The van der Waals surface area contributed by atoms with Crippen LogP contribution in [-0.4, -0.2) is 27.5 Å². The van der Waals surface area contributed by atoms with Crippen molar-refractivity contribution in [3.63, 3.8) is 0 Å². The lowest BCUT2D eigenvalue weighted by Crippen LogP contribution is -2.27. The van der Waals surface area contributed by atoms with Crippen molar-refractivity contribution in [1.29, 1.82) is 0 Å². The van der Waals surface area contributed by atoms with Crippen LogP contribution in [-0.2, 0) is 10.0 Å². The largest absolute Gasteiger partial charge is 0.381 e. The molecule has 1 aromatic rings. The summed E-state index contributed by atoms with van der Waals surface area (Å²) >= 11 is 0. The Balaban J connectivity index is 3.02. The first-order valence-corrected chi connectivity index (χ1v) is 8.08. The van der Waals surface area contributed by atoms with Gasteiger partial charge in [0.1, 0.15) is 4.90 Å². The average molecular weight is 285 g/mol. The van der Waals surface area contributed by atoms with Crippen LogP contribution >= 0.6 is 0 Å². The zero-order chi connectivity index (χ0) is 14.3. The van der Waals surface area contributed by atoms with Crippen molar-refractivity contribution in [1.82, 2.24) is 4.72 Å². The molecule has 0 bridgehead atoms. The quantitative estimate of drug-likeness (QED) is 0.676. The third-order valence-corrected chi connectivity index (χ3v) is 4.48. The van der Waals surface area contributed by atoms with Crippen LogP contribution in [0.25, 0.3) is 0 Å². The van der Waals surface area contributed by atoms with E-state index in [4.69, 9.17) is 5.73 Å². The van der Waals surface area contributed by atoms with Crippen LogP contribution in [0.1, 0.15) is 26.7 Å². The van der Waals surface area contributed by atoms with Crippen LogP contribution in [0.3, 0.4) is 0 Å². The molecule has 0 fully saturated rings. The number of hydrogen-bond acceptors (Lipinski definition) is 4. The summed E-state index contributed by atoms with van der Waals surface area (Å²) < 4.78 is 26.7. The highest BCUT2D eigenvalue weighted by Crippen LogP contribution is 2.22. The van der Waals surface area contributed by atoms with Gasteiger partial charge in [-0.15, -0.1) is 0 Å². The molecule has 5 nitrogen and oxygen atoms in total. The summed E-state index contributed by atoms with van der Waals surface area (Å²) in [6.07, 6.45) is 1.71. The molecule has 0 aliphatic carbocycles. The van der Waals surface area contributed by atoms with Crippen LogP contribution in [0.5, 0.6) is 0 Å². The molecule has 1 rings (SSSR count). The van der Waals surface area contributed by atoms with E-state index in [0.29, 0.717) is 18.8 Å². The molecule has 0 saturated carbocycles. The molecule has 6 heteroatoms. The summed E-state index contributed by atoms with van der Waals surface area (Å²) in [7, 11) is -3.45. The second kappa shape index (κ2) is 7.47. The number of rotatable bonds is 8. The van der Waals surface area contributed by atoms with Crippen molar-refractivity contribution in [2.24, 2.45) is 5.73 Å². The zero-order valence-corrected chi connectivity index (χ0v) is 12.3. The summed E-state index contributed by atoms with van der Waals surface area (Å²) in [5.41, 5.74) is 6.19. The molecule has 1 unspecified atom stereocenters. The molecule has 0 radical (unpaired) electrons. The van der Waals surface area contributed by atoms with Crippen molar-refractivity contribution >= 4 is 15.7 Å². The molecule has 0 spiro atoms. The lowest BCUT2D eigenvalue weighted by atomic mass is 10.1. The van der Waals surface area contributed by atoms with E-state index in [0.717, 1.165) is 12.8 Å². The van der Waals surface area contributed by atoms with Gasteiger partial charge in [-0.2, -0.15) is 0 Å². The van der Waals surface area contributed by atoms with Gasteiger partial charge in [0, 0.05) is 12.6 Å². The smallest absolute Gasteiger partial charge is 0.242 e. The molecule has 0 amide bonds. The standard InChI is InChI=1S/C13H23N3O2S/c1-3-11(9-10-14)16-12-7-5-6-8-13(12)19(17,18)15-4-2/h5-8,11,15-16H,3-4,9-10,14H2,1-2H3. The van der Waals surface area contributed by atoms with Crippen LogP contribution in [0, 0.1) is 0 Å². The van der Waals surface area contributed by atoms with Crippen molar-refractivity contribution in [3.8, 4) is 0 Å². The van der Waals surface area contributed by atoms with Gasteiger partial charge in [0.05, 0.1) is 5.69 Å². The fourth-order valence-electron chi connectivity index (χ4n) is 1.89. The number of sulfonamides is 1. The number of anilines is 1. The fourth-order valence-corrected chi connectivity index (χ4v) is 3.10.